The van der Waals surface area contributed by atoms with Crippen LogP contribution in [-0.2, 0) is 22.6 Å². The van der Waals surface area contributed by atoms with Crippen molar-refractivity contribution in [3.05, 3.63) is 89.9 Å². The van der Waals surface area contributed by atoms with E-state index >= 15 is 0 Å². The molecule has 0 saturated carbocycles. The fourth-order valence-electron chi connectivity index (χ4n) is 3.34. The Kier molecular flexibility index (Phi) is 8.45. The van der Waals surface area contributed by atoms with E-state index in [1.165, 1.54) is 12.0 Å². The van der Waals surface area contributed by atoms with E-state index in [1.807, 2.05) is 36.4 Å². The summed E-state index contributed by atoms with van der Waals surface area (Å²) in [7, 11) is 3.08. The van der Waals surface area contributed by atoms with Gasteiger partial charge in [0.05, 0.1) is 32.1 Å². The zero-order valence-corrected chi connectivity index (χ0v) is 18.4. The third-order valence-electron chi connectivity index (χ3n) is 5.01. The number of amides is 2. The van der Waals surface area contributed by atoms with Gasteiger partial charge in [-0.2, -0.15) is 0 Å². The Labute approximate surface area is 188 Å². The average Bonchev–Trinajstić information content (AvgIpc) is 3.34. The van der Waals surface area contributed by atoms with Gasteiger partial charge in [0.15, 0.2) is 0 Å². The molecule has 0 spiro atoms. The van der Waals surface area contributed by atoms with Gasteiger partial charge in [0.25, 0.3) is 5.91 Å². The molecule has 7 nitrogen and oxygen atoms in total. The molecular weight excluding hydrogens is 408 g/mol. The quantitative estimate of drug-likeness (QED) is 0.459. The molecule has 0 aliphatic carbocycles. The van der Waals surface area contributed by atoms with Crippen LogP contribution in [0.25, 0.3) is 0 Å². The summed E-state index contributed by atoms with van der Waals surface area (Å²) in [5.74, 6) is 0.660. The molecule has 1 aromatic heterocycles. The summed E-state index contributed by atoms with van der Waals surface area (Å²) in [5.41, 5.74) is 1.39. The molecule has 32 heavy (non-hydrogen) atoms. The standard InChI is InChI=1S/C25H28N2O5/c1-30-16-14-26(25(29)22-12-6-7-13-23(22)31-2)19-24(28)27(18-21-11-8-15-32-21)17-20-9-4-3-5-10-20/h3-13,15H,14,16-19H2,1-2H3. The Bertz CT molecular complexity index is 989. The summed E-state index contributed by atoms with van der Waals surface area (Å²) in [6.45, 7) is 1.21. The second kappa shape index (κ2) is 11.7. The van der Waals surface area contributed by atoms with Crippen molar-refractivity contribution in [2.24, 2.45) is 0 Å². The summed E-state index contributed by atoms with van der Waals surface area (Å²) >= 11 is 0. The number of carbonyl (C=O) groups excluding carboxylic acids is 2. The number of benzene rings is 2. The highest BCUT2D eigenvalue weighted by atomic mass is 16.5. The number of hydrogen-bond donors (Lipinski definition) is 0. The molecule has 0 unspecified atom stereocenters. The van der Waals surface area contributed by atoms with E-state index in [0.29, 0.717) is 36.8 Å². The Balaban J connectivity index is 1.81. The van der Waals surface area contributed by atoms with Gasteiger partial charge in [-0.1, -0.05) is 42.5 Å². The van der Waals surface area contributed by atoms with Crippen LogP contribution in [0.3, 0.4) is 0 Å². The maximum Gasteiger partial charge on any atom is 0.258 e. The Hall–Kier alpha value is -3.58. The van der Waals surface area contributed by atoms with E-state index in [-0.39, 0.29) is 24.9 Å². The molecule has 3 aromatic rings. The molecule has 168 valence electrons. The normalized spacial score (nSPS) is 10.6. The van der Waals surface area contributed by atoms with Crippen molar-refractivity contribution >= 4 is 11.8 Å². The summed E-state index contributed by atoms with van der Waals surface area (Å²) in [4.78, 5) is 29.8. The lowest BCUT2D eigenvalue weighted by atomic mass is 10.1. The third-order valence-corrected chi connectivity index (χ3v) is 5.01. The van der Waals surface area contributed by atoms with Crippen molar-refractivity contribution in [1.82, 2.24) is 9.80 Å². The highest BCUT2D eigenvalue weighted by molar-refractivity contribution is 5.98. The minimum absolute atomic E-state index is 0.0895. The predicted octanol–water partition coefficient (Wildman–Crippen LogP) is 3.61. The van der Waals surface area contributed by atoms with E-state index in [1.54, 1.807) is 48.6 Å². The van der Waals surface area contributed by atoms with E-state index in [4.69, 9.17) is 13.9 Å². The Morgan fingerprint density at radius 2 is 1.62 bits per heavy atom. The van der Waals surface area contributed by atoms with E-state index in [0.717, 1.165) is 5.56 Å². The first kappa shape index (κ1) is 23.1. The van der Waals surface area contributed by atoms with Crippen molar-refractivity contribution in [3.8, 4) is 5.75 Å². The molecule has 0 aliphatic heterocycles. The molecule has 0 N–H and O–H groups in total. The van der Waals surface area contributed by atoms with Crippen LogP contribution in [0, 0.1) is 0 Å². The summed E-state index contributed by atoms with van der Waals surface area (Å²) in [6.07, 6.45) is 1.58. The van der Waals surface area contributed by atoms with E-state index in [9.17, 15) is 9.59 Å². The largest absolute Gasteiger partial charge is 0.496 e. The van der Waals surface area contributed by atoms with Crippen LogP contribution in [0.4, 0.5) is 0 Å². The summed E-state index contributed by atoms with van der Waals surface area (Å²) in [5, 5.41) is 0. The minimum Gasteiger partial charge on any atom is -0.496 e. The monoisotopic (exact) mass is 436 g/mol. The van der Waals surface area contributed by atoms with Gasteiger partial charge in [-0.05, 0) is 29.8 Å². The van der Waals surface area contributed by atoms with Gasteiger partial charge >= 0.3 is 0 Å². The Morgan fingerprint density at radius 3 is 2.31 bits per heavy atom. The second-order valence-corrected chi connectivity index (χ2v) is 7.23. The third kappa shape index (κ3) is 6.21. The fraction of sp³-hybridized carbons (Fsp3) is 0.280. The van der Waals surface area contributed by atoms with Crippen LogP contribution >= 0.6 is 0 Å². The van der Waals surface area contributed by atoms with Crippen LogP contribution in [0.5, 0.6) is 5.75 Å². The average molecular weight is 437 g/mol. The van der Waals surface area contributed by atoms with Crippen molar-refractivity contribution in [2.75, 3.05) is 33.9 Å². The SMILES string of the molecule is COCCN(CC(=O)N(Cc1ccccc1)Cc1ccco1)C(=O)c1ccccc1OC. The first-order chi connectivity index (χ1) is 15.6. The lowest BCUT2D eigenvalue weighted by Crippen LogP contribution is -2.43. The maximum absolute atomic E-state index is 13.4. The molecule has 3 rings (SSSR count). The number of rotatable bonds is 11. The molecule has 0 bridgehead atoms. The summed E-state index contributed by atoms with van der Waals surface area (Å²) < 4.78 is 16.0. The molecular formula is C25H28N2O5. The lowest BCUT2D eigenvalue weighted by molar-refractivity contribution is -0.133. The molecule has 7 heteroatoms. The van der Waals surface area contributed by atoms with Gasteiger partial charge in [0, 0.05) is 20.2 Å². The van der Waals surface area contributed by atoms with Gasteiger partial charge in [0.2, 0.25) is 5.91 Å². The smallest absolute Gasteiger partial charge is 0.258 e. The molecule has 1 heterocycles. The van der Waals surface area contributed by atoms with Crippen molar-refractivity contribution in [3.63, 3.8) is 0 Å². The lowest BCUT2D eigenvalue weighted by Gasteiger charge is -2.27. The highest BCUT2D eigenvalue weighted by Gasteiger charge is 2.25. The van der Waals surface area contributed by atoms with Crippen LogP contribution in [-0.4, -0.2) is 55.5 Å². The number of para-hydroxylation sites is 1. The molecule has 0 fully saturated rings. The van der Waals surface area contributed by atoms with Gasteiger partial charge in [-0.3, -0.25) is 9.59 Å². The van der Waals surface area contributed by atoms with Crippen molar-refractivity contribution < 1.29 is 23.5 Å². The molecule has 2 amide bonds. The first-order valence-corrected chi connectivity index (χ1v) is 10.4. The number of carbonyl (C=O) groups is 2. The van der Waals surface area contributed by atoms with Gasteiger partial charge in [-0.25, -0.2) is 0 Å². The minimum atomic E-state index is -0.287. The number of hydrogen-bond acceptors (Lipinski definition) is 5. The zero-order chi connectivity index (χ0) is 22.8. The highest BCUT2D eigenvalue weighted by Crippen LogP contribution is 2.20. The van der Waals surface area contributed by atoms with Gasteiger partial charge in [0.1, 0.15) is 18.1 Å². The number of ether oxygens (including phenoxy) is 2. The van der Waals surface area contributed by atoms with Crippen LogP contribution < -0.4 is 4.74 Å². The Morgan fingerprint density at radius 1 is 0.875 bits per heavy atom. The second-order valence-electron chi connectivity index (χ2n) is 7.23. The zero-order valence-electron chi connectivity index (χ0n) is 18.4. The van der Waals surface area contributed by atoms with E-state index in [2.05, 4.69) is 0 Å². The topological polar surface area (TPSA) is 72.2 Å². The van der Waals surface area contributed by atoms with Crippen molar-refractivity contribution in [2.45, 2.75) is 13.1 Å². The van der Waals surface area contributed by atoms with Crippen LogP contribution in [0.2, 0.25) is 0 Å². The predicted molar refractivity (Wildman–Crippen MR) is 120 cm³/mol. The number of furan rings is 1. The number of methoxy groups -OCH3 is 2. The van der Waals surface area contributed by atoms with Gasteiger partial charge < -0.3 is 23.7 Å². The fourth-order valence-corrected chi connectivity index (χ4v) is 3.34. The van der Waals surface area contributed by atoms with Crippen LogP contribution in [0.15, 0.2) is 77.4 Å². The first-order valence-electron chi connectivity index (χ1n) is 10.4. The molecule has 0 aliphatic rings. The molecule has 2 aromatic carbocycles. The molecule has 0 atom stereocenters. The number of nitrogens with zero attached hydrogens (tertiary/aromatic N) is 2. The van der Waals surface area contributed by atoms with E-state index < -0.39 is 0 Å². The molecule has 0 radical (unpaired) electrons. The van der Waals surface area contributed by atoms with Crippen molar-refractivity contribution in [1.29, 1.82) is 0 Å². The molecule has 0 saturated heterocycles. The van der Waals surface area contributed by atoms with Crippen LogP contribution in [0.1, 0.15) is 21.7 Å². The van der Waals surface area contributed by atoms with Gasteiger partial charge in [-0.15, -0.1) is 0 Å². The maximum atomic E-state index is 13.4. The summed E-state index contributed by atoms with van der Waals surface area (Å²) in [6, 6.07) is 20.3.